The molecule has 2 heterocycles. The topological polar surface area (TPSA) is 27.1 Å². The van der Waals surface area contributed by atoms with Gasteiger partial charge in [-0.1, -0.05) is 0 Å². The summed E-state index contributed by atoms with van der Waals surface area (Å²) in [6, 6.07) is 0. The third kappa shape index (κ3) is 1.04. The SMILES string of the molecule is c1cn(C2OCCS2)cn1. The van der Waals surface area contributed by atoms with E-state index in [4.69, 9.17) is 4.74 Å². The van der Waals surface area contributed by atoms with Crippen LogP contribution in [0.15, 0.2) is 18.7 Å². The van der Waals surface area contributed by atoms with Crippen molar-refractivity contribution in [2.24, 2.45) is 0 Å². The maximum absolute atomic E-state index is 5.38. The first-order valence-electron chi connectivity index (χ1n) is 3.17. The molecule has 0 N–H and O–H groups in total. The molecule has 0 saturated carbocycles. The van der Waals surface area contributed by atoms with Crippen molar-refractivity contribution in [2.45, 2.75) is 5.56 Å². The molecular weight excluding hydrogens is 148 g/mol. The van der Waals surface area contributed by atoms with E-state index in [0.717, 1.165) is 12.4 Å². The Kier molecular flexibility index (Phi) is 1.65. The van der Waals surface area contributed by atoms with Gasteiger partial charge in [-0.15, -0.1) is 11.8 Å². The second-order valence-corrected chi connectivity index (χ2v) is 3.20. The van der Waals surface area contributed by atoms with Crippen molar-refractivity contribution >= 4 is 11.8 Å². The molecule has 0 spiro atoms. The zero-order valence-corrected chi connectivity index (χ0v) is 6.25. The van der Waals surface area contributed by atoms with Crippen molar-refractivity contribution in [3.05, 3.63) is 18.7 Å². The summed E-state index contributed by atoms with van der Waals surface area (Å²) < 4.78 is 7.35. The van der Waals surface area contributed by atoms with Crippen LogP contribution >= 0.6 is 11.8 Å². The molecule has 1 saturated heterocycles. The van der Waals surface area contributed by atoms with E-state index in [1.165, 1.54) is 0 Å². The molecule has 0 aliphatic carbocycles. The lowest BCUT2D eigenvalue weighted by Gasteiger charge is -2.07. The number of thioether (sulfide) groups is 1. The van der Waals surface area contributed by atoms with E-state index in [-0.39, 0.29) is 5.56 Å². The molecular formula is C6H8N2OS. The molecule has 10 heavy (non-hydrogen) atoms. The predicted molar refractivity (Wildman–Crippen MR) is 39.7 cm³/mol. The number of hydrogen-bond donors (Lipinski definition) is 0. The van der Waals surface area contributed by atoms with Crippen LogP contribution in [0, 0.1) is 0 Å². The number of nitrogens with zero attached hydrogens (tertiary/aromatic N) is 2. The van der Waals surface area contributed by atoms with Crippen LogP contribution in [0.25, 0.3) is 0 Å². The van der Waals surface area contributed by atoms with Crippen molar-refractivity contribution < 1.29 is 4.74 Å². The molecule has 0 radical (unpaired) electrons. The van der Waals surface area contributed by atoms with Crippen molar-refractivity contribution in [2.75, 3.05) is 12.4 Å². The Labute approximate surface area is 63.4 Å². The molecule has 1 aromatic rings. The first-order valence-corrected chi connectivity index (χ1v) is 4.22. The summed E-state index contributed by atoms with van der Waals surface area (Å²) in [5.74, 6) is 1.09. The molecule has 3 nitrogen and oxygen atoms in total. The maximum atomic E-state index is 5.38. The molecule has 0 bridgehead atoms. The minimum absolute atomic E-state index is 0.169. The first-order chi connectivity index (χ1) is 4.97. The van der Waals surface area contributed by atoms with Gasteiger partial charge in [0.1, 0.15) is 0 Å². The van der Waals surface area contributed by atoms with E-state index in [0.29, 0.717) is 0 Å². The fourth-order valence-electron chi connectivity index (χ4n) is 0.912. The largest absolute Gasteiger partial charge is 0.348 e. The molecule has 54 valence electrons. The molecule has 4 heteroatoms. The summed E-state index contributed by atoms with van der Waals surface area (Å²) in [4.78, 5) is 3.94. The highest BCUT2D eigenvalue weighted by molar-refractivity contribution is 7.99. The lowest BCUT2D eigenvalue weighted by atomic mass is 10.8. The fraction of sp³-hybridized carbons (Fsp3) is 0.500. The molecule has 1 aliphatic heterocycles. The van der Waals surface area contributed by atoms with E-state index in [9.17, 15) is 0 Å². The Balaban J connectivity index is 2.12. The highest BCUT2D eigenvalue weighted by Gasteiger charge is 2.16. The van der Waals surface area contributed by atoms with Gasteiger partial charge in [0, 0.05) is 18.1 Å². The van der Waals surface area contributed by atoms with E-state index < -0.39 is 0 Å². The summed E-state index contributed by atoms with van der Waals surface area (Å²) in [5, 5.41) is 0. The second kappa shape index (κ2) is 2.64. The average molecular weight is 156 g/mol. The van der Waals surface area contributed by atoms with E-state index in [1.807, 2.05) is 10.8 Å². The predicted octanol–water partition coefficient (Wildman–Crippen LogP) is 1.10. The van der Waals surface area contributed by atoms with Crippen molar-refractivity contribution in [3.63, 3.8) is 0 Å². The molecule has 0 aromatic carbocycles. The van der Waals surface area contributed by atoms with Crippen LogP contribution in [0.4, 0.5) is 0 Å². The molecule has 1 aliphatic rings. The fourth-order valence-corrected chi connectivity index (χ4v) is 1.80. The van der Waals surface area contributed by atoms with Gasteiger partial charge in [0.2, 0.25) is 0 Å². The summed E-state index contributed by atoms with van der Waals surface area (Å²) >= 11 is 1.80. The Morgan fingerprint density at radius 2 is 2.70 bits per heavy atom. The van der Waals surface area contributed by atoms with Crippen LogP contribution in [0.5, 0.6) is 0 Å². The summed E-state index contributed by atoms with van der Waals surface area (Å²) in [6.45, 7) is 0.855. The van der Waals surface area contributed by atoms with Crippen LogP contribution in [0.2, 0.25) is 0 Å². The summed E-state index contributed by atoms with van der Waals surface area (Å²) in [6.07, 6.45) is 5.47. The molecule has 1 atom stereocenters. The number of imidazole rings is 1. The third-order valence-corrected chi connectivity index (χ3v) is 2.44. The van der Waals surface area contributed by atoms with Gasteiger partial charge in [-0.3, -0.25) is 0 Å². The highest BCUT2D eigenvalue weighted by Crippen LogP contribution is 2.29. The summed E-state index contributed by atoms with van der Waals surface area (Å²) in [5.41, 5.74) is 0.169. The standard InChI is InChI=1S/C6H8N2OS/c1-2-8(5-7-1)6-9-3-4-10-6/h1-2,5-6H,3-4H2. The molecule has 1 fully saturated rings. The van der Waals surface area contributed by atoms with Gasteiger partial charge in [-0.05, 0) is 0 Å². The normalized spacial score (nSPS) is 25.4. The van der Waals surface area contributed by atoms with E-state index in [2.05, 4.69) is 4.98 Å². The Bertz CT molecular complexity index is 194. The third-order valence-electron chi connectivity index (χ3n) is 1.37. The van der Waals surface area contributed by atoms with Crippen LogP contribution in [0.1, 0.15) is 5.56 Å². The molecule has 0 amide bonds. The maximum Gasteiger partial charge on any atom is 0.183 e. The number of rotatable bonds is 1. The lowest BCUT2D eigenvalue weighted by molar-refractivity contribution is 0.0968. The monoisotopic (exact) mass is 156 g/mol. The Morgan fingerprint density at radius 1 is 1.70 bits per heavy atom. The van der Waals surface area contributed by atoms with Crippen LogP contribution in [-0.2, 0) is 4.74 Å². The van der Waals surface area contributed by atoms with Gasteiger partial charge in [-0.2, -0.15) is 0 Å². The second-order valence-electron chi connectivity index (χ2n) is 2.06. The minimum Gasteiger partial charge on any atom is -0.348 e. The molecule has 1 unspecified atom stereocenters. The zero-order chi connectivity index (χ0) is 6.81. The summed E-state index contributed by atoms with van der Waals surface area (Å²) in [7, 11) is 0. The Morgan fingerprint density at radius 3 is 3.30 bits per heavy atom. The number of ether oxygens (including phenoxy) is 1. The molecule has 2 rings (SSSR count). The van der Waals surface area contributed by atoms with Crippen molar-refractivity contribution in [3.8, 4) is 0 Å². The smallest absolute Gasteiger partial charge is 0.183 e. The lowest BCUT2D eigenvalue weighted by Crippen LogP contribution is -2.00. The number of hydrogen-bond acceptors (Lipinski definition) is 3. The number of aromatic nitrogens is 2. The van der Waals surface area contributed by atoms with Crippen molar-refractivity contribution in [1.82, 2.24) is 9.55 Å². The van der Waals surface area contributed by atoms with Gasteiger partial charge in [0.05, 0.1) is 12.9 Å². The van der Waals surface area contributed by atoms with Crippen molar-refractivity contribution in [1.29, 1.82) is 0 Å². The van der Waals surface area contributed by atoms with E-state index in [1.54, 1.807) is 24.3 Å². The zero-order valence-electron chi connectivity index (χ0n) is 5.43. The van der Waals surface area contributed by atoms with Gasteiger partial charge in [-0.25, -0.2) is 4.98 Å². The highest BCUT2D eigenvalue weighted by atomic mass is 32.2. The van der Waals surface area contributed by atoms with Gasteiger partial charge >= 0.3 is 0 Å². The first kappa shape index (κ1) is 6.24. The quantitative estimate of drug-likeness (QED) is 0.609. The Hall–Kier alpha value is -0.480. The molecule has 1 aromatic heterocycles. The minimum atomic E-state index is 0.169. The van der Waals surface area contributed by atoms with E-state index >= 15 is 0 Å². The van der Waals surface area contributed by atoms with Gasteiger partial charge in [0.25, 0.3) is 0 Å². The van der Waals surface area contributed by atoms with Gasteiger partial charge in [0.15, 0.2) is 5.56 Å². The van der Waals surface area contributed by atoms with Crippen LogP contribution in [0.3, 0.4) is 0 Å². The van der Waals surface area contributed by atoms with Crippen LogP contribution < -0.4 is 0 Å². The van der Waals surface area contributed by atoms with Gasteiger partial charge < -0.3 is 9.30 Å². The van der Waals surface area contributed by atoms with Crippen LogP contribution in [-0.4, -0.2) is 21.9 Å². The average Bonchev–Trinajstić information content (AvgIpc) is 2.59.